The monoisotopic (exact) mass is 254 g/mol. The van der Waals surface area contributed by atoms with E-state index in [-0.39, 0.29) is 5.56 Å². The van der Waals surface area contributed by atoms with E-state index >= 15 is 0 Å². The molecule has 0 aliphatic heterocycles. The van der Waals surface area contributed by atoms with Crippen molar-refractivity contribution in [3.8, 4) is 0 Å². The number of anilines is 1. The molecule has 0 spiro atoms. The normalized spacial score (nSPS) is 10.9. The third kappa shape index (κ3) is 2.80. The van der Waals surface area contributed by atoms with Gasteiger partial charge in [0.1, 0.15) is 0 Å². The zero-order valence-electron chi connectivity index (χ0n) is 9.77. The number of aryl methyl sites for hydroxylation is 1. The number of hydrogen-bond acceptors (Lipinski definition) is 6. The van der Waals surface area contributed by atoms with Crippen molar-refractivity contribution in [1.82, 2.24) is 14.6 Å². The lowest BCUT2D eigenvalue weighted by atomic mass is 10.4. The minimum Gasteiger partial charge on any atom is -0.385 e. The zero-order chi connectivity index (χ0) is 12.3. The van der Waals surface area contributed by atoms with Crippen LogP contribution in [0.3, 0.4) is 0 Å². The van der Waals surface area contributed by atoms with E-state index < -0.39 is 0 Å². The van der Waals surface area contributed by atoms with Crippen LogP contribution < -0.4 is 10.9 Å². The Balaban J connectivity index is 2.15. The van der Waals surface area contributed by atoms with Crippen molar-refractivity contribution in [1.29, 1.82) is 0 Å². The Labute approximate surface area is 102 Å². The molecule has 0 unspecified atom stereocenters. The lowest BCUT2D eigenvalue weighted by Crippen LogP contribution is -2.14. The number of fused-ring (bicyclic) bond motifs is 1. The van der Waals surface area contributed by atoms with E-state index in [1.807, 2.05) is 0 Å². The molecule has 0 atom stereocenters. The summed E-state index contributed by atoms with van der Waals surface area (Å²) >= 11 is 1.37. The number of rotatable bonds is 5. The van der Waals surface area contributed by atoms with E-state index in [4.69, 9.17) is 4.74 Å². The van der Waals surface area contributed by atoms with Crippen molar-refractivity contribution in [2.24, 2.45) is 0 Å². The summed E-state index contributed by atoms with van der Waals surface area (Å²) in [6, 6.07) is 1.47. The van der Waals surface area contributed by atoms with E-state index in [0.717, 1.165) is 13.0 Å². The second-order valence-electron chi connectivity index (χ2n) is 3.61. The Morgan fingerprint density at radius 2 is 2.41 bits per heavy atom. The third-order valence-electron chi connectivity index (χ3n) is 2.17. The largest absolute Gasteiger partial charge is 0.385 e. The number of nitrogens with one attached hydrogen (secondary N) is 1. The van der Waals surface area contributed by atoms with Crippen molar-refractivity contribution in [3.63, 3.8) is 0 Å². The summed E-state index contributed by atoms with van der Waals surface area (Å²) in [6.45, 7) is 3.27. The summed E-state index contributed by atoms with van der Waals surface area (Å²) in [4.78, 5) is 16.5. The topological polar surface area (TPSA) is 68.5 Å². The van der Waals surface area contributed by atoms with Gasteiger partial charge in [-0.3, -0.25) is 4.79 Å². The van der Waals surface area contributed by atoms with E-state index in [0.29, 0.717) is 22.4 Å². The molecule has 0 bridgehead atoms. The van der Waals surface area contributed by atoms with Crippen LogP contribution in [-0.2, 0) is 4.74 Å². The zero-order valence-corrected chi connectivity index (χ0v) is 10.6. The van der Waals surface area contributed by atoms with Crippen molar-refractivity contribution in [2.45, 2.75) is 13.3 Å². The molecule has 6 nitrogen and oxygen atoms in total. The molecule has 2 rings (SSSR count). The first kappa shape index (κ1) is 12.0. The highest BCUT2D eigenvalue weighted by molar-refractivity contribution is 7.20. The van der Waals surface area contributed by atoms with Crippen LogP contribution in [0.15, 0.2) is 10.9 Å². The van der Waals surface area contributed by atoms with E-state index in [1.54, 1.807) is 14.0 Å². The van der Waals surface area contributed by atoms with Crippen LogP contribution in [0.25, 0.3) is 4.96 Å². The maximum Gasteiger partial charge on any atom is 0.275 e. The average molecular weight is 254 g/mol. The van der Waals surface area contributed by atoms with Gasteiger partial charge in [-0.1, -0.05) is 11.3 Å². The van der Waals surface area contributed by atoms with Crippen LogP contribution in [-0.4, -0.2) is 34.9 Å². The molecule has 0 aliphatic carbocycles. The minimum atomic E-state index is -0.145. The van der Waals surface area contributed by atoms with Crippen molar-refractivity contribution >= 4 is 21.4 Å². The van der Waals surface area contributed by atoms with Gasteiger partial charge in [0.25, 0.3) is 5.56 Å². The van der Waals surface area contributed by atoms with Gasteiger partial charge in [-0.05, 0) is 13.3 Å². The van der Waals surface area contributed by atoms with Crippen molar-refractivity contribution < 1.29 is 4.74 Å². The number of nitrogens with zero attached hydrogens (tertiary/aromatic N) is 3. The molecular formula is C10H14N4O2S. The summed E-state index contributed by atoms with van der Waals surface area (Å²) in [5.41, 5.74) is 0.568. The predicted molar refractivity (Wildman–Crippen MR) is 66.9 cm³/mol. The fraction of sp³-hybridized carbons (Fsp3) is 0.500. The fourth-order valence-electron chi connectivity index (χ4n) is 1.40. The summed E-state index contributed by atoms with van der Waals surface area (Å²) < 4.78 is 6.26. The smallest absolute Gasteiger partial charge is 0.275 e. The highest BCUT2D eigenvalue weighted by Crippen LogP contribution is 2.16. The molecule has 0 fully saturated rings. The Morgan fingerprint density at radius 1 is 1.59 bits per heavy atom. The first-order valence-corrected chi connectivity index (χ1v) is 6.12. The first-order chi connectivity index (χ1) is 8.20. The van der Waals surface area contributed by atoms with Crippen molar-refractivity contribution in [2.75, 3.05) is 25.6 Å². The first-order valence-electron chi connectivity index (χ1n) is 5.31. The Kier molecular flexibility index (Phi) is 3.70. The Bertz CT molecular complexity index is 563. The SMILES string of the molecule is COCCCNc1nn2c(=O)cc(C)nc2s1. The van der Waals surface area contributed by atoms with Crippen molar-refractivity contribution in [3.05, 3.63) is 22.1 Å². The highest BCUT2D eigenvalue weighted by atomic mass is 32.1. The summed E-state index contributed by atoms with van der Waals surface area (Å²) in [7, 11) is 1.67. The van der Waals surface area contributed by atoms with Crippen LogP contribution >= 0.6 is 11.3 Å². The lowest BCUT2D eigenvalue weighted by Gasteiger charge is -1.99. The maximum absolute atomic E-state index is 11.6. The van der Waals surface area contributed by atoms with Crippen LogP contribution in [0.5, 0.6) is 0 Å². The van der Waals surface area contributed by atoms with Crippen LogP contribution in [0.1, 0.15) is 12.1 Å². The highest BCUT2D eigenvalue weighted by Gasteiger charge is 2.06. The average Bonchev–Trinajstić information content (AvgIpc) is 2.67. The van der Waals surface area contributed by atoms with Gasteiger partial charge in [0, 0.05) is 32.0 Å². The quantitative estimate of drug-likeness (QED) is 0.803. The number of ether oxygens (including phenoxy) is 1. The standard InChI is InChI=1S/C10H14N4O2S/c1-7-6-8(15)14-10(12-7)17-9(13-14)11-4-3-5-16-2/h6H,3-5H2,1-2H3,(H,11,13). The number of methoxy groups -OCH3 is 1. The van der Waals surface area contributed by atoms with E-state index in [9.17, 15) is 4.79 Å². The minimum absolute atomic E-state index is 0.145. The second kappa shape index (κ2) is 5.24. The molecule has 0 radical (unpaired) electrons. The van der Waals surface area contributed by atoms with Crippen LogP contribution in [0, 0.1) is 6.92 Å². The molecular weight excluding hydrogens is 240 g/mol. The number of aromatic nitrogens is 3. The molecule has 0 saturated heterocycles. The Hall–Kier alpha value is -1.47. The molecule has 1 N–H and O–H groups in total. The molecule has 2 heterocycles. The summed E-state index contributed by atoms with van der Waals surface area (Å²) in [6.07, 6.45) is 0.897. The van der Waals surface area contributed by atoms with Gasteiger partial charge < -0.3 is 10.1 Å². The molecule has 7 heteroatoms. The molecule has 2 aromatic heterocycles. The third-order valence-corrected chi connectivity index (χ3v) is 3.04. The summed E-state index contributed by atoms with van der Waals surface area (Å²) in [5, 5.41) is 8.01. The molecule has 2 aromatic rings. The van der Waals surface area contributed by atoms with Gasteiger partial charge in [-0.15, -0.1) is 5.10 Å². The van der Waals surface area contributed by atoms with Crippen LogP contribution in [0.2, 0.25) is 0 Å². The van der Waals surface area contributed by atoms with Gasteiger partial charge in [0.15, 0.2) is 0 Å². The lowest BCUT2D eigenvalue weighted by molar-refractivity contribution is 0.198. The molecule has 0 aliphatic rings. The van der Waals surface area contributed by atoms with E-state index in [1.165, 1.54) is 21.9 Å². The number of hydrogen-bond donors (Lipinski definition) is 1. The van der Waals surface area contributed by atoms with E-state index in [2.05, 4.69) is 15.4 Å². The van der Waals surface area contributed by atoms with Gasteiger partial charge >= 0.3 is 0 Å². The molecule has 0 aromatic carbocycles. The molecule has 0 saturated carbocycles. The maximum atomic E-state index is 11.6. The molecule has 0 amide bonds. The summed E-state index contributed by atoms with van der Waals surface area (Å²) in [5.74, 6) is 0. The van der Waals surface area contributed by atoms with Gasteiger partial charge in [0.2, 0.25) is 10.1 Å². The fourth-order valence-corrected chi connectivity index (χ4v) is 2.28. The van der Waals surface area contributed by atoms with Gasteiger partial charge in [-0.2, -0.15) is 4.52 Å². The Morgan fingerprint density at radius 3 is 3.18 bits per heavy atom. The van der Waals surface area contributed by atoms with Gasteiger partial charge in [0.05, 0.1) is 0 Å². The predicted octanol–water partition coefficient (Wildman–Crippen LogP) is 0.908. The molecule has 17 heavy (non-hydrogen) atoms. The molecule has 92 valence electrons. The second-order valence-corrected chi connectivity index (χ2v) is 4.57. The van der Waals surface area contributed by atoms with Gasteiger partial charge in [-0.25, -0.2) is 4.98 Å². The van der Waals surface area contributed by atoms with Crippen LogP contribution in [0.4, 0.5) is 5.13 Å².